The molecule has 58 heavy (non-hydrogen) atoms. The number of rotatable bonds is 20. The Bertz CT molecular complexity index is 1080. The quantitative estimate of drug-likeness (QED) is 0.0410. The smallest absolute Gasteiger partial charge is 1.00 e. The van der Waals surface area contributed by atoms with Crippen molar-refractivity contribution in [3.8, 4) is 0 Å². The summed E-state index contributed by atoms with van der Waals surface area (Å²) in [6.45, 7) is 33.4. The van der Waals surface area contributed by atoms with E-state index in [1.807, 2.05) is 34.6 Å². The monoisotopic (exact) mass is 954 g/mol. The van der Waals surface area contributed by atoms with E-state index in [9.17, 15) is 28.3 Å². The average molecular weight is 956 g/mol. The van der Waals surface area contributed by atoms with Crippen LogP contribution >= 0.6 is 31.1 Å². The molecule has 0 rings (SSSR count). The van der Waals surface area contributed by atoms with Crippen LogP contribution in [0.25, 0.3) is 0 Å². The molecule has 0 bridgehead atoms. The fourth-order valence-corrected chi connectivity index (χ4v) is 5.60. The summed E-state index contributed by atoms with van der Waals surface area (Å²) >= 11 is 3.31. The zero-order valence-electron chi connectivity index (χ0n) is 39.6. The Morgan fingerprint density at radius 2 is 0.983 bits per heavy atom. The van der Waals surface area contributed by atoms with Crippen molar-refractivity contribution < 1.29 is 90.7 Å². The van der Waals surface area contributed by atoms with E-state index in [2.05, 4.69) is 44.0 Å². The molecule has 20 heteroatoms. The summed E-state index contributed by atoms with van der Waals surface area (Å²) in [4.78, 5) is 43.6. The van der Waals surface area contributed by atoms with Crippen molar-refractivity contribution in [2.75, 3.05) is 71.0 Å². The van der Waals surface area contributed by atoms with E-state index >= 15 is 0 Å². The van der Waals surface area contributed by atoms with Crippen LogP contribution in [-0.4, -0.2) is 123 Å². The molecule has 0 aliphatic heterocycles. The molecular formula is C38H83AlBrLiO15P2. The van der Waals surface area contributed by atoms with Crippen LogP contribution in [0.5, 0.6) is 0 Å². The second-order valence-electron chi connectivity index (χ2n) is 11.9. The first-order valence-electron chi connectivity index (χ1n) is 19.3. The Hall–Kier alpha value is -0.510. The third-order valence-corrected chi connectivity index (χ3v) is 11.1. The second kappa shape index (κ2) is 50.8. The summed E-state index contributed by atoms with van der Waals surface area (Å²) < 4.78 is 62.5. The number of halogens is 1. The molecule has 0 aliphatic carbocycles. The van der Waals surface area contributed by atoms with Gasteiger partial charge in [-0.15, -0.1) is 0 Å². The van der Waals surface area contributed by atoms with Crippen LogP contribution in [0.2, 0.25) is 0 Å². The van der Waals surface area contributed by atoms with Crippen LogP contribution in [0.15, 0.2) is 11.6 Å². The van der Waals surface area contributed by atoms with Crippen LogP contribution in [0, 0.1) is 17.8 Å². The predicted octanol–water partition coefficient (Wildman–Crippen LogP) is 5.35. The number of alkyl halides is 1. The van der Waals surface area contributed by atoms with E-state index < -0.39 is 32.8 Å². The maximum Gasteiger partial charge on any atom is 1.00 e. The maximum atomic E-state index is 12.1. The van der Waals surface area contributed by atoms with Gasteiger partial charge in [0, 0.05) is 17.5 Å². The summed E-state index contributed by atoms with van der Waals surface area (Å²) in [7, 11) is -6.65. The largest absolute Gasteiger partial charge is 1.00 e. The van der Waals surface area contributed by atoms with Crippen molar-refractivity contribution in [3.63, 3.8) is 0 Å². The number of ether oxygens (including phenoxy) is 4. The Morgan fingerprint density at radius 3 is 1.22 bits per heavy atom. The molecule has 0 aromatic carbocycles. The zero-order valence-corrected chi connectivity index (χ0v) is 42.0. The molecule has 1 N–H and O–H groups in total. The molecule has 346 valence electrons. The van der Waals surface area contributed by atoms with Gasteiger partial charge in [0.05, 0.1) is 58.8 Å². The third kappa shape index (κ3) is 51.6. The van der Waals surface area contributed by atoms with Gasteiger partial charge in [0.2, 0.25) is 0 Å². The molecule has 0 aromatic rings. The van der Waals surface area contributed by atoms with Crippen LogP contribution < -0.4 is 18.9 Å². The Morgan fingerprint density at radius 1 is 0.638 bits per heavy atom. The van der Waals surface area contributed by atoms with Gasteiger partial charge in [-0.1, -0.05) is 63.5 Å². The first kappa shape index (κ1) is 74.9. The van der Waals surface area contributed by atoms with Crippen LogP contribution in [0.1, 0.15) is 119 Å². The first-order chi connectivity index (χ1) is 26.0. The maximum absolute atomic E-state index is 12.1. The first-order valence-corrected chi connectivity index (χ1v) is 23.7. The number of aliphatic hydroxyl groups is 1. The van der Waals surface area contributed by atoms with Crippen molar-refractivity contribution in [1.82, 2.24) is 0 Å². The number of hydrogen-bond acceptors (Lipinski definition) is 15. The number of carbonyl (C=O) groups excluding carboxylic acids is 4. The van der Waals surface area contributed by atoms with Gasteiger partial charge in [-0.2, -0.15) is 0 Å². The van der Waals surface area contributed by atoms with Gasteiger partial charge in [-0.25, -0.2) is 4.79 Å². The molecule has 1 unspecified atom stereocenters. The molecule has 0 saturated carbocycles. The average Bonchev–Trinajstić information content (AvgIpc) is 3.12. The van der Waals surface area contributed by atoms with Gasteiger partial charge < -0.3 is 43.6 Å². The Labute approximate surface area is 384 Å². The molecule has 0 aromatic heterocycles. The SMILES string of the molecule is C/C=C(\C)C(=O)OCC.CC(C)CBr.CC(C)CO.CCOC(=O)C(C)C.CCOC(=O)C(C)P(=O)(OCC)OCC.CCOC(=O)CP(=O)(OCC)OCC.[AlH3].[H-].[Li+]. The fourth-order valence-electron chi connectivity index (χ4n) is 2.57. The van der Waals surface area contributed by atoms with E-state index in [-0.39, 0.29) is 101 Å². The van der Waals surface area contributed by atoms with E-state index in [1.165, 1.54) is 6.92 Å². The minimum absolute atomic E-state index is 0. The fraction of sp³-hybridized carbons (Fsp3) is 0.842. The van der Waals surface area contributed by atoms with E-state index in [1.54, 1.807) is 68.4 Å². The Balaban J connectivity index is -0.0000000752. The number of allylic oxidation sites excluding steroid dienone is 1. The molecule has 15 nitrogen and oxygen atoms in total. The van der Waals surface area contributed by atoms with Crippen molar-refractivity contribution >= 4 is 72.4 Å². The predicted molar refractivity (Wildman–Crippen MR) is 238 cm³/mol. The van der Waals surface area contributed by atoms with Crippen LogP contribution in [0.4, 0.5) is 0 Å². The van der Waals surface area contributed by atoms with Gasteiger partial charge in [-0.3, -0.25) is 23.5 Å². The molecule has 0 fully saturated rings. The summed E-state index contributed by atoms with van der Waals surface area (Å²) in [5.41, 5.74) is -0.214. The number of carbonyl (C=O) groups is 4. The molecule has 0 heterocycles. The minimum Gasteiger partial charge on any atom is -1.00 e. The van der Waals surface area contributed by atoms with Gasteiger partial charge in [-0.05, 0) is 88.0 Å². The Kier molecular flexibility index (Phi) is 65.7. The van der Waals surface area contributed by atoms with Gasteiger partial charge in [0.15, 0.2) is 23.0 Å². The summed E-state index contributed by atoms with van der Waals surface area (Å²) in [6, 6.07) is 0. The van der Waals surface area contributed by atoms with Crippen molar-refractivity contribution in [2.24, 2.45) is 17.8 Å². The molecule has 0 aliphatic rings. The van der Waals surface area contributed by atoms with Crippen LogP contribution in [0.3, 0.4) is 0 Å². The van der Waals surface area contributed by atoms with Gasteiger partial charge >= 0.3 is 57.9 Å². The molecule has 0 spiro atoms. The second-order valence-corrected chi connectivity index (χ2v) is 17.0. The molecule has 1 atom stereocenters. The van der Waals surface area contributed by atoms with Crippen molar-refractivity contribution in [2.45, 2.75) is 123 Å². The van der Waals surface area contributed by atoms with E-state index in [0.717, 1.165) is 11.2 Å². The molecule has 0 saturated heterocycles. The standard InChI is InChI=1S/C9H19O5P.C8H17O5P.C7H12O2.C6H12O2.C4H9Br.C4H10O.Al.Li.4H/c1-5-12-9(10)8(4)15(11,13-6-2)14-7-3;1-4-11-8(9)7-14(10,12-5-2)13-6-3;1-4-6(3)7(8)9-5-2;1-4-8-6(7)5(2)3;2*1-4(2)3-5;;;;;;/h8H,5-7H2,1-4H3;4-7H2,1-3H3;4H,5H2,1-3H3;5H,4H2,1-3H3;4H,3H2,1-2H3;4-5H,3H2,1-2H3;;;;;;/q;;;;;;;+1;;;;-1/b;;6-4+;;;;;;;;;. The zero-order chi connectivity index (χ0) is 45.3. The molecule has 0 amide bonds. The summed E-state index contributed by atoms with van der Waals surface area (Å²) in [5, 5.41) is 9.26. The molecule has 0 radical (unpaired) electrons. The number of hydrogen-bond donors (Lipinski definition) is 1. The van der Waals surface area contributed by atoms with E-state index in [0.29, 0.717) is 31.3 Å². The summed E-state index contributed by atoms with van der Waals surface area (Å²) in [5.74, 6) is -0.201. The number of esters is 4. The van der Waals surface area contributed by atoms with Crippen LogP contribution in [-0.2, 0) is 65.4 Å². The summed E-state index contributed by atoms with van der Waals surface area (Å²) in [6.07, 6.45) is 1.42. The van der Waals surface area contributed by atoms with Crippen molar-refractivity contribution in [3.05, 3.63) is 11.6 Å². The van der Waals surface area contributed by atoms with Gasteiger partial charge in [0.25, 0.3) is 0 Å². The normalized spacial score (nSPS) is 11.0. The molecular weight excluding hydrogens is 872 g/mol. The van der Waals surface area contributed by atoms with Gasteiger partial charge in [0.1, 0.15) is 6.16 Å². The minimum atomic E-state index is -3.37. The topological polar surface area (TPSA) is 196 Å². The van der Waals surface area contributed by atoms with E-state index in [4.69, 9.17) is 27.9 Å². The number of aliphatic hydroxyl groups excluding tert-OH is 1. The third-order valence-electron chi connectivity index (χ3n) is 5.46. The van der Waals surface area contributed by atoms with Crippen molar-refractivity contribution in [1.29, 1.82) is 0 Å².